The molecule has 1 aromatic heterocycles. The largest absolute Gasteiger partial charge is 0.343 e. The minimum atomic E-state index is -0.261. The molecule has 0 N–H and O–H groups in total. The lowest BCUT2D eigenvalue weighted by Gasteiger charge is -2.52. The van der Waals surface area contributed by atoms with Gasteiger partial charge in [-0.2, -0.15) is 5.10 Å². The van der Waals surface area contributed by atoms with Crippen molar-refractivity contribution < 1.29 is 4.39 Å². The fourth-order valence-electron chi connectivity index (χ4n) is 6.52. The summed E-state index contributed by atoms with van der Waals surface area (Å²) in [7, 11) is 2.06. The number of rotatable bonds is 3. The Morgan fingerprint density at radius 2 is 1.78 bits per heavy atom. The van der Waals surface area contributed by atoms with Crippen molar-refractivity contribution in [3.8, 4) is 5.69 Å². The van der Waals surface area contributed by atoms with Crippen LogP contribution in [0.1, 0.15) is 54.1 Å². The van der Waals surface area contributed by atoms with E-state index in [1.807, 2.05) is 25.4 Å². The Labute approximate surface area is 211 Å². The summed E-state index contributed by atoms with van der Waals surface area (Å²) in [5.41, 5.74) is 9.06. The van der Waals surface area contributed by atoms with Crippen LogP contribution in [0.15, 0.2) is 59.6 Å². The number of nitrogens with zero attached hydrogens (tertiary/aromatic N) is 5. The molecule has 3 aromatic rings. The predicted octanol–water partition coefficient (Wildman–Crippen LogP) is 5.46. The van der Waals surface area contributed by atoms with Crippen LogP contribution in [0.3, 0.4) is 0 Å². The molecule has 2 aliphatic heterocycles. The number of hydrogen-bond donors (Lipinski definition) is 0. The molecule has 0 amide bonds. The highest BCUT2D eigenvalue weighted by Crippen LogP contribution is 2.56. The molecule has 1 saturated heterocycles. The van der Waals surface area contributed by atoms with E-state index in [-0.39, 0.29) is 11.4 Å². The third-order valence-electron chi connectivity index (χ3n) is 8.81. The van der Waals surface area contributed by atoms with Gasteiger partial charge in [0.1, 0.15) is 5.82 Å². The fraction of sp³-hybridized carbons (Fsp3) is 0.400. The zero-order valence-electron chi connectivity index (χ0n) is 21.3. The predicted molar refractivity (Wildman–Crippen MR) is 140 cm³/mol. The molecular weight excluding hydrogens is 449 g/mol. The van der Waals surface area contributed by atoms with Crippen LogP contribution in [0, 0.1) is 18.2 Å². The average Bonchev–Trinajstić information content (AvgIpc) is 3.42. The van der Waals surface area contributed by atoms with E-state index >= 15 is 0 Å². The second-order valence-corrected chi connectivity index (χ2v) is 11.5. The van der Waals surface area contributed by atoms with E-state index in [1.165, 1.54) is 40.8 Å². The van der Waals surface area contributed by atoms with Gasteiger partial charge in [0.2, 0.25) is 0 Å². The molecule has 2 fully saturated rings. The molecule has 5 nitrogen and oxygen atoms in total. The van der Waals surface area contributed by atoms with Crippen LogP contribution in [0.5, 0.6) is 0 Å². The van der Waals surface area contributed by atoms with Crippen LogP contribution in [0.25, 0.3) is 11.8 Å². The summed E-state index contributed by atoms with van der Waals surface area (Å²) in [6.07, 6.45) is 12.3. The molecule has 2 aromatic carbocycles. The number of hydrazone groups is 1. The van der Waals surface area contributed by atoms with E-state index in [1.54, 1.807) is 12.1 Å². The maximum absolute atomic E-state index is 13.8. The number of fused-ring (bicyclic) bond motifs is 2. The Morgan fingerprint density at radius 1 is 1.00 bits per heavy atom. The summed E-state index contributed by atoms with van der Waals surface area (Å²) in [5.74, 6) is 0.890. The van der Waals surface area contributed by atoms with E-state index in [9.17, 15) is 4.39 Å². The van der Waals surface area contributed by atoms with Gasteiger partial charge in [-0.3, -0.25) is 5.01 Å². The minimum absolute atomic E-state index is 0.189. The Kier molecular flexibility index (Phi) is 4.58. The van der Waals surface area contributed by atoms with Crippen LogP contribution >= 0.6 is 0 Å². The monoisotopic (exact) mass is 481 g/mol. The first-order chi connectivity index (χ1) is 17.3. The first-order valence-corrected chi connectivity index (χ1v) is 13.0. The van der Waals surface area contributed by atoms with Crippen molar-refractivity contribution in [2.75, 3.05) is 20.1 Å². The zero-order chi connectivity index (χ0) is 24.7. The minimum Gasteiger partial charge on any atom is -0.343 e. The normalized spacial score (nSPS) is 24.9. The number of imidazole rings is 1. The zero-order valence-corrected chi connectivity index (χ0v) is 21.3. The summed E-state index contributed by atoms with van der Waals surface area (Å²) >= 11 is 0. The van der Waals surface area contributed by atoms with Crippen LogP contribution in [0.4, 0.5) is 4.39 Å². The molecule has 6 heteroatoms. The third-order valence-corrected chi connectivity index (χ3v) is 8.81. The van der Waals surface area contributed by atoms with E-state index in [4.69, 9.17) is 5.10 Å². The molecule has 1 spiro atoms. The van der Waals surface area contributed by atoms with Gasteiger partial charge in [-0.25, -0.2) is 9.37 Å². The van der Waals surface area contributed by atoms with Gasteiger partial charge in [-0.1, -0.05) is 18.2 Å². The smallest absolute Gasteiger partial charge is 0.152 e. The summed E-state index contributed by atoms with van der Waals surface area (Å²) in [4.78, 5) is 6.95. The number of likely N-dealkylation sites (N-methyl/N-ethyl adjacent to an activating group) is 1. The van der Waals surface area contributed by atoms with E-state index < -0.39 is 0 Å². The van der Waals surface area contributed by atoms with Gasteiger partial charge in [0.25, 0.3) is 0 Å². The Balaban J connectivity index is 1.31. The van der Waals surface area contributed by atoms with Crippen molar-refractivity contribution in [3.05, 3.63) is 88.3 Å². The average molecular weight is 482 g/mol. The number of piperidine rings is 1. The molecule has 4 aliphatic rings. The van der Waals surface area contributed by atoms with Gasteiger partial charge in [0.15, 0.2) is 5.84 Å². The van der Waals surface area contributed by atoms with Crippen molar-refractivity contribution in [1.29, 1.82) is 0 Å². The van der Waals surface area contributed by atoms with Gasteiger partial charge < -0.3 is 9.47 Å². The molecule has 1 atom stereocenters. The van der Waals surface area contributed by atoms with Crippen molar-refractivity contribution in [2.45, 2.75) is 51.5 Å². The lowest BCUT2D eigenvalue weighted by atomic mass is 9.79. The molecule has 0 bridgehead atoms. The molecular formula is C30H32FN5. The highest BCUT2D eigenvalue weighted by atomic mass is 19.1. The lowest BCUT2D eigenvalue weighted by Crippen LogP contribution is -2.60. The second-order valence-electron chi connectivity index (χ2n) is 11.5. The Morgan fingerprint density at radius 3 is 2.44 bits per heavy atom. The van der Waals surface area contributed by atoms with Crippen molar-refractivity contribution in [1.82, 2.24) is 19.5 Å². The molecule has 1 saturated carbocycles. The maximum Gasteiger partial charge on any atom is 0.152 e. The number of aryl methyl sites for hydroxylation is 1. The van der Waals surface area contributed by atoms with E-state index in [0.717, 1.165) is 49.4 Å². The van der Waals surface area contributed by atoms with E-state index in [2.05, 4.69) is 57.8 Å². The summed E-state index contributed by atoms with van der Waals surface area (Å²) in [6.45, 7) is 6.12. The van der Waals surface area contributed by atoms with Gasteiger partial charge in [0.05, 0.1) is 24.1 Å². The van der Waals surface area contributed by atoms with Crippen LogP contribution in [-0.2, 0) is 18.4 Å². The van der Waals surface area contributed by atoms with Crippen molar-refractivity contribution in [2.24, 2.45) is 10.5 Å². The topological polar surface area (TPSA) is 36.7 Å². The molecule has 7 rings (SSSR count). The summed E-state index contributed by atoms with van der Waals surface area (Å²) in [5, 5.41) is 7.14. The van der Waals surface area contributed by atoms with Crippen LogP contribution in [-0.4, -0.2) is 45.4 Å². The van der Waals surface area contributed by atoms with Crippen molar-refractivity contribution in [3.63, 3.8) is 0 Å². The number of hydrogen-bond acceptors (Lipinski definition) is 4. The highest BCUT2D eigenvalue weighted by Gasteiger charge is 2.54. The first kappa shape index (κ1) is 21.8. The van der Waals surface area contributed by atoms with Gasteiger partial charge in [-0.15, -0.1) is 0 Å². The number of benzene rings is 2. The van der Waals surface area contributed by atoms with Gasteiger partial charge >= 0.3 is 0 Å². The standard InChI is InChI=1S/C30H32FN5/c1-20-16-35(19-32-20)27-11-4-21(25-9-10-26(25)27)14-22-15-30(12-13-30)18-36-28(22)33-34(3)17-29(36,2)23-5-7-24(31)8-6-23/h4-8,11,14,16,19H,9-10,12-13,15,17-18H2,1-3H3. The summed E-state index contributed by atoms with van der Waals surface area (Å²) < 4.78 is 15.9. The van der Waals surface area contributed by atoms with E-state index in [0.29, 0.717) is 5.41 Å². The maximum atomic E-state index is 13.8. The van der Waals surface area contributed by atoms with Crippen molar-refractivity contribution >= 4 is 11.9 Å². The number of halogens is 1. The van der Waals surface area contributed by atoms with Crippen LogP contribution in [0.2, 0.25) is 0 Å². The van der Waals surface area contributed by atoms with Crippen LogP contribution < -0.4 is 0 Å². The number of amidine groups is 1. The molecule has 3 heterocycles. The SMILES string of the molecule is Cc1cn(-c2ccc(C=C3CC4(CC4)CN4C3=NN(C)CC4(C)c3ccc(F)cc3)c3c2CC3)cn1. The summed E-state index contributed by atoms with van der Waals surface area (Å²) in [6, 6.07) is 11.6. The molecule has 0 radical (unpaired) electrons. The quantitative estimate of drug-likeness (QED) is 0.498. The second kappa shape index (κ2) is 7.55. The van der Waals surface area contributed by atoms with Gasteiger partial charge in [-0.05, 0) is 103 Å². The molecule has 1 unspecified atom stereocenters. The Bertz CT molecular complexity index is 1430. The van der Waals surface area contributed by atoms with Gasteiger partial charge in [0, 0.05) is 25.5 Å². The first-order valence-electron chi connectivity index (χ1n) is 13.0. The molecule has 2 aliphatic carbocycles. The molecule has 184 valence electrons. The molecule has 36 heavy (non-hydrogen) atoms. The Hall–Kier alpha value is -3.41. The third kappa shape index (κ3) is 3.34. The fourth-order valence-corrected chi connectivity index (χ4v) is 6.52. The highest BCUT2D eigenvalue weighted by molar-refractivity contribution is 6.04. The number of aromatic nitrogens is 2. The lowest BCUT2D eigenvalue weighted by molar-refractivity contribution is 0.0789.